The highest BCUT2D eigenvalue weighted by Gasteiger charge is 2.35. The summed E-state index contributed by atoms with van der Waals surface area (Å²) in [5, 5.41) is 26.0. The van der Waals surface area contributed by atoms with Crippen molar-refractivity contribution < 1.29 is 19.8 Å². The number of aromatic hydroxyl groups is 1. The SMILES string of the molecule is O=C(Cc1cc(Cl)ccc1O)NC1C[C@H](NC(=O)c2ccccn2)C[C@H]1O. The summed E-state index contributed by atoms with van der Waals surface area (Å²) < 4.78 is 0. The smallest absolute Gasteiger partial charge is 0.270 e. The van der Waals surface area contributed by atoms with E-state index in [4.69, 9.17) is 11.6 Å². The van der Waals surface area contributed by atoms with Crippen LogP contribution in [-0.2, 0) is 11.2 Å². The van der Waals surface area contributed by atoms with Crippen LogP contribution in [0.4, 0.5) is 0 Å². The third-order valence-electron chi connectivity index (χ3n) is 4.50. The molecule has 1 saturated carbocycles. The van der Waals surface area contributed by atoms with Crippen molar-refractivity contribution in [2.24, 2.45) is 0 Å². The number of phenols is 1. The molecule has 0 radical (unpaired) electrons. The number of benzene rings is 1. The molecule has 0 bridgehead atoms. The fourth-order valence-electron chi connectivity index (χ4n) is 3.17. The number of carbonyl (C=O) groups is 2. The Kier molecular flexibility index (Phi) is 5.93. The molecule has 1 fully saturated rings. The first-order chi connectivity index (χ1) is 12.9. The van der Waals surface area contributed by atoms with E-state index in [2.05, 4.69) is 15.6 Å². The summed E-state index contributed by atoms with van der Waals surface area (Å²) in [5.41, 5.74) is 0.711. The second kappa shape index (κ2) is 8.37. The Balaban J connectivity index is 1.54. The second-order valence-electron chi connectivity index (χ2n) is 6.55. The summed E-state index contributed by atoms with van der Waals surface area (Å²) in [5.74, 6) is -0.668. The van der Waals surface area contributed by atoms with Gasteiger partial charge < -0.3 is 20.8 Å². The van der Waals surface area contributed by atoms with Gasteiger partial charge in [0.05, 0.1) is 18.6 Å². The highest BCUT2D eigenvalue weighted by atomic mass is 35.5. The molecule has 0 aliphatic heterocycles. The van der Waals surface area contributed by atoms with E-state index in [1.54, 1.807) is 18.2 Å². The summed E-state index contributed by atoms with van der Waals surface area (Å²) in [7, 11) is 0. The first kappa shape index (κ1) is 19.1. The lowest BCUT2D eigenvalue weighted by Crippen LogP contribution is -2.41. The maximum atomic E-state index is 12.3. The predicted octanol–water partition coefficient (Wildman–Crippen LogP) is 1.42. The first-order valence-electron chi connectivity index (χ1n) is 8.59. The van der Waals surface area contributed by atoms with E-state index in [0.717, 1.165) is 0 Å². The van der Waals surface area contributed by atoms with E-state index in [1.165, 1.54) is 24.4 Å². The number of nitrogens with zero attached hydrogens (tertiary/aromatic N) is 1. The second-order valence-corrected chi connectivity index (χ2v) is 6.98. The van der Waals surface area contributed by atoms with Crippen molar-refractivity contribution in [3.8, 4) is 5.75 Å². The molecule has 142 valence electrons. The van der Waals surface area contributed by atoms with E-state index in [-0.39, 0.29) is 30.0 Å². The molecule has 8 heteroatoms. The van der Waals surface area contributed by atoms with Gasteiger partial charge in [0.25, 0.3) is 5.91 Å². The lowest BCUT2D eigenvalue weighted by Gasteiger charge is -2.16. The van der Waals surface area contributed by atoms with Gasteiger partial charge in [0.1, 0.15) is 11.4 Å². The van der Waals surface area contributed by atoms with Crippen molar-refractivity contribution in [3.05, 3.63) is 58.9 Å². The summed E-state index contributed by atoms with van der Waals surface area (Å²) in [6, 6.07) is 8.80. The molecular formula is C19H20ClN3O4. The van der Waals surface area contributed by atoms with Gasteiger partial charge in [0.15, 0.2) is 0 Å². The molecule has 27 heavy (non-hydrogen) atoms. The highest BCUT2D eigenvalue weighted by Crippen LogP contribution is 2.23. The van der Waals surface area contributed by atoms with Crippen LogP contribution in [-0.4, -0.2) is 45.2 Å². The number of amides is 2. The molecule has 1 heterocycles. The quantitative estimate of drug-likeness (QED) is 0.618. The molecule has 1 aromatic heterocycles. The molecule has 3 rings (SSSR count). The van der Waals surface area contributed by atoms with E-state index >= 15 is 0 Å². The number of aliphatic hydroxyl groups excluding tert-OH is 1. The summed E-state index contributed by atoms with van der Waals surface area (Å²) in [6.07, 6.45) is 1.46. The number of hydrogen-bond acceptors (Lipinski definition) is 5. The molecule has 7 nitrogen and oxygen atoms in total. The highest BCUT2D eigenvalue weighted by molar-refractivity contribution is 6.30. The van der Waals surface area contributed by atoms with Crippen molar-refractivity contribution in [1.82, 2.24) is 15.6 Å². The van der Waals surface area contributed by atoms with Crippen LogP contribution in [0.1, 0.15) is 28.9 Å². The fourth-order valence-corrected chi connectivity index (χ4v) is 3.37. The van der Waals surface area contributed by atoms with Gasteiger partial charge >= 0.3 is 0 Å². The summed E-state index contributed by atoms with van der Waals surface area (Å²) in [6.45, 7) is 0. The van der Waals surface area contributed by atoms with Crippen LogP contribution in [0, 0.1) is 0 Å². The predicted molar refractivity (Wildman–Crippen MR) is 99.5 cm³/mol. The molecule has 4 N–H and O–H groups in total. The normalized spacial score (nSPS) is 21.6. The number of carbonyl (C=O) groups excluding carboxylic acids is 2. The van der Waals surface area contributed by atoms with E-state index in [0.29, 0.717) is 29.1 Å². The van der Waals surface area contributed by atoms with Crippen molar-refractivity contribution >= 4 is 23.4 Å². The largest absolute Gasteiger partial charge is 0.508 e. The van der Waals surface area contributed by atoms with Gasteiger partial charge in [-0.05, 0) is 43.2 Å². The van der Waals surface area contributed by atoms with Gasteiger partial charge in [-0.15, -0.1) is 0 Å². The fraction of sp³-hybridized carbons (Fsp3) is 0.316. The summed E-state index contributed by atoms with van der Waals surface area (Å²) >= 11 is 5.88. The monoisotopic (exact) mass is 389 g/mol. The molecule has 1 aliphatic carbocycles. The van der Waals surface area contributed by atoms with Crippen LogP contribution >= 0.6 is 11.6 Å². The lowest BCUT2D eigenvalue weighted by molar-refractivity contribution is -0.121. The summed E-state index contributed by atoms with van der Waals surface area (Å²) in [4.78, 5) is 28.4. The van der Waals surface area contributed by atoms with E-state index in [1.807, 2.05) is 0 Å². The average molecular weight is 390 g/mol. The Hall–Kier alpha value is -2.64. The number of halogens is 1. The van der Waals surface area contributed by atoms with Crippen molar-refractivity contribution in [2.75, 3.05) is 0 Å². The third kappa shape index (κ3) is 4.96. The van der Waals surface area contributed by atoms with Crippen LogP contribution < -0.4 is 10.6 Å². The van der Waals surface area contributed by atoms with Crippen LogP contribution in [0.25, 0.3) is 0 Å². The van der Waals surface area contributed by atoms with Crippen molar-refractivity contribution in [3.63, 3.8) is 0 Å². The van der Waals surface area contributed by atoms with Gasteiger partial charge in [-0.2, -0.15) is 0 Å². The Bertz CT molecular complexity index is 831. The number of nitrogens with one attached hydrogen (secondary N) is 2. The Morgan fingerprint density at radius 1 is 1.19 bits per heavy atom. The number of phenolic OH excluding ortho intramolecular Hbond substituents is 1. The molecule has 3 atom stereocenters. The molecule has 0 spiro atoms. The van der Waals surface area contributed by atoms with Crippen LogP contribution in [0.5, 0.6) is 5.75 Å². The van der Waals surface area contributed by atoms with Gasteiger partial charge in [0.2, 0.25) is 5.91 Å². The van der Waals surface area contributed by atoms with Gasteiger partial charge in [0, 0.05) is 22.8 Å². The average Bonchev–Trinajstić information content (AvgIpc) is 2.97. The number of aromatic nitrogens is 1. The zero-order valence-electron chi connectivity index (χ0n) is 14.4. The minimum atomic E-state index is -0.768. The van der Waals surface area contributed by atoms with Crippen LogP contribution in [0.3, 0.4) is 0 Å². The molecule has 1 unspecified atom stereocenters. The maximum Gasteiger partial charge on any atom is 0.270 e. The number of hydrogen-bond donors (Lipinski definition) is 4. The molecule has 1 aliphatic rings. The van der Waals surface area contributed by atoms with Gasteiger partial charge in [-0.25, -0.2) is 0 Å². The van der Waals surface area contributed by atoms with Crippen molar-refractivity contribution in [2.45, 2.75) is 37.5 Å². The molecule has 2 amide bonds. The third-order valence-corrected chi connectivity index (χ3v) is 4.74. The lowest BCUT2D eigenvalue weighted by atomic mass is 10.1. The van der Waals surface area contributed by atoms with E-state index in [9.17, 15) is 19.8 Å². The van der Waals surface area contributed by atoms with Crippen LogP contribution in [0.15, 0.2) is 42.6 Å². The number of rotatable bonds is 5. The molecule has 0 saturated heterocycles. The molecular weight excluding hydrogens is 370 g/mol. The van der Waals surface area contributed by atoms with E-state index < -0.39 is 12.1 Å². The molecule has 1 aromatic carbocycles. The topological polar surface area (TPSA) is 112 Å². The number of aliphatic hydroxyl groups is 1. The molecule has 2 aromatic rings. The Morgan fingerprint density at radius 3 is 2.74 bits per heavy atom. The zero-order valence-corrected chi connectivity index (χ0v) is 15.2. The Labute approximate surface area is 161 Å². The standard InChI is InChI=1S/C19H20ClN3O4/c20-12-4-5-16(24)11(7-12)8-18(26)23-15-9-13(10-17(15)25)22-19(27)14-3-1-2-6-21-14/h1-7,13,15,17,24-25H,8-10H2,(H,22,27)(H,23,26)/t13-,15?,17+/m0/s1. The van der Waals surface area contributed by atoms with Gasteiger partial charge in [-0.1, -0.05) is 17.7 Å². The minimum absolute atomic E-state index is 0.0120. The van der Waals surface area contributed by atoms with Crippen molar-refractivity contribution in [1.29, 1.82) is 0 Å². The number of pyridine rings is 1. The van der Waals surface area contributed by atoms with Crippen LogP contribution in [0.2, 0.25) is 5.02 Å². The minimum Gasteiger partial charge on any atom is -0.508 e. The Morgan fingerprint density at radius 2 is 2.00 bits per heavy atom. The van der Waals surface area contributed by atoms with Gasteiger partial charge in [-0.3, -0.25) is 14.6 Å². The zero-order chi connectivity index (χ0) is 19.4. The maximum absolute atomic E-state index is 12.3. The first-order valence-corrected chi connectivity index (χ1v) is 8.97.